The van der Waals surface area contributed by atoms with E-state index in [1.165, 1.54) is 0 Å². The Hall–Kier alpha value is -1.94. The largest absolute Gasteiger partial charge is 0.393 e. The van der Waals surface area contributed by atoms with Crippen LogP contribution in [0.5, 0.6) is 0 Å². The standard InChI is InChI=1S/C19H22O3/c20-17(14-19(22)16-10-5-2-6-11-16)12-7-13-18(21)15-8-3-1-4-9-15/h1-11,13,17-22H,12,14H2/b13-7+/t17-,18-,19-/m0/s1. The van der Waals surface area contributed by atoms with Crippen LogP contribution in [0, 0.1) is 0 Å². The second kappa shape index (κ2) is 8.49. The van der Waals surface area contributed by atoms with Crippen molar-refractivity contribution in [2.45, 2.75) is 31.2 Å². The zero-order chi connectivity index (χ0) is 15.8. The number of hydrogen-bond donors (Lipinski definition) is 3. The van der Waals surface area contributed by atoms with Crippen LogP contribution in [0.25, 0.3) is 0 Å². The quantitative estimate of drug-likeness (QED) is 0.688. The molecule has 116 valence electrons. The topological polar surface area (TPSA) is 60.7 Å². The molecule has 0 unspecified atom stereocenters. The molecule has 0 aliphatic heterocycles. The lowest BCUT2D eigenvalue weighted by Gasteiger charge is -2.15. The van der Waals surface area contributed by atoms with Gasteiger partial charge in [0.05, 0.1) is 18.3 Å². The smallest absolute Gasteiger partial charge is 0.0971 e. The van der Waals surface area contributed by atoms with Gasteiger partial charge in [-0.3, -0.25) is 0 Å². The van der Waals surface area contributed by atoms with Crippen molar-refractivity contribution in [2.75, 3.05) is 0 Å². The second-order valence-electron chi connectivity index (χ2n) is 5.34. The lowest BCUT2D eigenvalue weighted by molar-refractivity contribution is 0.0820. The lowest BCUT2D eigenvalue weighted by atomic mass is 10.0. The van der Waals surface area contributed by atoms with Gasteiger partial charge in [-0.2, -0.15) is 0 Å². The van der Waals surface area contributed by atoms with E-state index in [1.807, 2.05) is 60.7 Å². The normalized spacial score (nSPS) is 15.6. The van der Waals surface area contributed by atoms with Crippen LogP contribution >= 0.6 is 0 Å². The molecule has 2 aromatic rings. The summed E-state index contributed by atoms with van der Waals surface area (Å²) in [5.74, 6) is 0. The highest BCUT2D eigenvalue weighted by atomic mass is 16.3. The van der Waals surface area contributed by atoms with Gasteiger partial charge in [-0.1, -0.05) is 72.8 Å². The molecule has 0 saturated heterocycles. The van der Waals surface area contributed by atoms with Crippen LogP contribution in [-0.4, -0.2) is 21.4 Å². The minimum Gasteiger partial charge on any atom is -0.393 e. The molecule has 2 aromatic carbocycles. The second-order valence-corrected chi connectivity index (χ2v) is 5.34. The van der Waals surface area contributed by atoms with Gasteiger partial charge in [0.1, 0.15) is 0 Å². The Bertz CT molecular complexity index is 566. The summed E-state index contributed by atoms with van der Waals surface area (Å²) in [5, 5.41) is 30.0. The van der Waals surface area contributed by atoms with E-state index in [4.69, 9.17) is 0 Å². The van der Waals surface area contributed by atoms with E-state index in [1.54, 1.807) is 12.2 Å². The lowest BCUT2D eigenvalue weighted by Crippen LogP contribution is -2.11. The van der Waals surface area contributed by atoms with E-state index in [2.05, 4.69) is 0 Å². The molecule has 0 bridgehead atoms. The van der Waals surface area contributed by atoms with Gasteiger partial charge in [0.15, 0.2) is 0 Å². The zero-order valence-electron chi connectivity index (χ0n) is 12.4. The summed E-state index contributed by atoms with van der Waals surface area (Å²) < 4.78 is 0. The molecule has 0 aliphatic rings. The third-order valence-electron chi connectivity index (χ3n) is 3.55. The van der Waals surface area contributed by atoms with Gasteiger partial charge in [0.2, 0.25) is 0 Å². The predicted octanol–water partition coefficient (Wildman–Crippen LogP) is 3.15. The molecule has 3 nitrogen and oxygen atoms in total. The Kier molecular flexibility index (Phi) is 6.34. The Balaban J connectivity index is 1.80. The van der Waals surface area contributed by atoms with Gasteiger partial charge >= 0.3 is 0 Å². The first-order valence-electron chi connectivity index (χ1n) is 7.47. The zero-order valence-corrected chi connectivity index (χ0v) is 12.4. The molecule has 0 aliphatic carbocycles. The van der Waals surface area contributed by atoms with E-state index in [0.29, 0.717) is 6.42 Å². The number of rotatable bonds is 7. The molecule has 0 aromatic heterocycles. The van der Waals surface area contributed by atoms with Crippen molar-refractivity contribution in [2.24, 2.45) is 0 Å². The minimum absolute atomic E-state index is 0.274. The van der Waals surface area contributed by atoms with Crippen molar-refractivity contribution < 1.29 is 15.3 Å². The first kappa shape index (κ1) is 16.4. The monoisotopic (exact) mass is 298 g/mol. The predicted molar refractivity (Wildman–Crippen MR) is 87.2 cm³/mol. The van der Waals surface area contributed by atoms with Gasteiger partial charge in [0.25, 0.3) is 0 Å². The van der Waals surface area contributed by atoms with Crippen LogP contribution in [0.1, 0.15) is 36.2 Å². The fourth-order valence-electron chi connectivity index (χ4n) is 2.29. The highest BCUT2D eigenvalue weighted by Gasteiger charge is 2.12. The van der Waals surface area contributed by atoms with Gasteiger partial charge in [0, 0.05) is 6.42 Å². The third kappa shape index (κ3) is 5.11. The fraction of sp³-hybridized carbons (Fsp3) is 0.263. The molecule has 0 amide bonds. The van der Waals surface area contributed by atoms with E-state index in [9.17, 15) is 15.3 Å². The molecule has 0 spiro atoms. The van der Waals surface area contributed by atoms with Gasteiger partial charge in [-0.05, 0) is 17.5 Å². The average Bonchev–Trinajstić information content (AvgIpc) is 2.56. The van der Waals surface area contributed by atoms with Crippen LogP contribution in [0.4, 0.5) is 0 Å². The first-order chi connectivity index (χ1) is 10.7. The van der Waals surface area contributed by atoms with Crippen LogP contribution in [0.3, 0.4) is 0 Å². The minimum atomic E-state index is -0.677. The van der Waals surface area contributed by atoms with Crippen molar-refractivity contribution in [3.05, 3.63) is 83.9 Å². The number of hydrogen-bond acceptors (Lipinski definition) is 3. The summed E-state index contributed by atoms with van der Waals surface area (Å²) in [4.78, 5) is 0. The fourth-order valence-corrected chi connectivity index (χ4v) is 2.29. The van der Waals surface area contributed by atoms with Gasteiger partial charge in [-0.25, -0.2) is 0 Å². The molecular formula is C19H22O3. The molecule has 0 fully saturated rings. The van der Waals surface area contributed by atoms with E-state index < -0.39 is 18.3 Å². The maximum atomic E-state index is 10.0. The molecule has 3 N–H and O–H groups in total. The van der Waals surface area contributed by atoms with Crippen molar-refractivity contribution in [3.63, 3.8) is 0 Å². The molecule has 22 heavy (non-hydrogen) atoms. The highest BCUT2D eigenvalue weighted by molar-refractivity contribution is 5.21. The van der Waals surface area contributed by atoms with Gasteiger partial charge < -0.3 is 15.3 Å². The summed E-state index contributed by atoms with van der Waals surface area (Å²) in [7, 11) is 0. The summed E-state index contributed by atoms with van der Waals surface area (Å²) >= 11 is 0. The van der Waals surface area contributed by atoms with E-state index in [-0.39, 0.29) is 6.42 Å². The van der Waals surface area contributed by atoms with Crippen molar-refractivity contribution in [3.8, 4) is 0 Å². The van der Waals surface area contributed by atoms with Crippen LogP contribution in [-0.2, 0) is 0 Å². The van der Waals surface area contributed by atoms with Crippen LogP contribution in [0.2, 0.25) is 0 Å². The SMILES string of the molecule is O[C@@H](C/C=C/[C@H](O)c1ccccc1)C[C@H](O)c1ccccc1. The van der Waals surface area contributed by atoms with Crippen molar-refractivity contribution in [1.29, 1.82) is 0 Å². The Labute approximate surface area is 131 Å². The van der Waals surface area contributed by atoms with Crippen molar-refractivity contribution in [1.82, 2.24) is 0 Å². The third-order valence-corrected chi connectivity index (χ3v) is 3.55. The number of aliphatic hydroxyl groups is 3. The molecule has 0 radical (unpaired) electrons. The Morgan fingerprint density at radius 1 is 0.773 bits per heavy atom. The maximum absolute atomic E-state index is 10.0. The van der Waals surface area contributed by atoms with Crippen LogP contribution in [0.15, 0.2) is 72.8 Å². The highest BCUT2D eigenvalue weighted by Crippen LogP contribution is 2.20. The molecular weight excluding hydrogens is 276 g/mol. The maximum Gasteiger partial charge on any atom is 0.0971 e. The average molecular weight is 298 g/mol. The molecule has 2 rings (SSSR count). The van der Waals surface area contributed by atoms with E-state index >= 15 is 0 Å². The Morgan fingerprint density at radius 3 is 1.91 bits per heavy atom. The van der Waals surface area contributed by atoms with Crippen molar-refractivity contribution >= 4 is 0 Å². The Morgan fingerprint density at radius 2 is 1.32 bits per heavy atom. The molecule has 3 heteroatoms. The molecule has 3 atom stereocenters. The summed E-state index contributed by atoms with van der Waals surface area (Å²) in [5.41, 5.74) is 1.62. The summed E-state index contributed by atoms with van der Waals surface area (Å²) in [6, 6.07) is 18.6. The molecule has 0 heterocycles. The van der Waals surface area contributed by atoms with Gasteiger partial charge in [-0.15, -0.1) is 0 Å². The van der Waals surface area contributed by atoms with Crippen LogP contribution < -0.4 is 0 Å². The molecule has 0 saturated carbocycles. The summed E-state index contributed by atoms with van der Waals surface area (Å²) in [6.45, 7) is 0. The first-order valence-corrected chi connectivity index (χ1v) is 7.47. The summed E-state index contributed by atoms with van der Waals surface area (Å²) in [6.07, 6.45) is 2.09. The van der Waals surface area contributed by atoms with E-state index in [0.717, 1.165) is 11.1 Å². The number of benzene rings is 2. The number of aliphatic hydroxyl groups excluding tert-OH is 3.